The Morgan fingerprint density at radius 3 is 2.67 bits per heavy atom. The number of aliphatic hydroxyl groups is 1. The average Bonchev–Trinajstić information content (AvgIpc) is 3.15. The molecule has 3 heteroatoms. The molecule has 1 aliphatic heterocycles. The number of carbonyl (C=O) groups is 1. The van der Waals surface area contributed by atoms with Gasteiger partial charge in [0.2, 0.25) is 0 Å². The lowest BCUT2D eigenvalue weighted by Crippen LogP contribution is -2.60. The highest BCUT2D eigenvalue weighted by molar-refractivity contribution is 5.93. The molecule has 4 fully saturated rings. The van der Waals surface area contributed by atoms with Crippen molar-refractivity contribution in [1.29, 1.82) is 0 Å². The molecule has 5 rings (SSSR count). The molecule has 24 heavy (non-hydrogen) atoms. The summed E-state index contributed by atoms with van der Waals surface area (Å²) in [7, 11) is 0. The summed E-state index contributed by atoms with van der Waals surface area (Å²) in [5.74, 6) is 1.51. The van der Waals surface area contributed by atoms with E-state index in [1.165, 1.54) is 5.57 Å². The van der Waals surface area contributed by atoms with Crippen molar-refractivity contribution in [1.82, 2.24) is 0 Å². The Hall–Kier alpha value is -0.670. The molecule has 0 aromatic heterocycles. The Kier molecular flexibility index (Phi) is 2.71. The number of carbonyl (C=O) groups excluding carboxylic acids is 1. The Morgan fingerprint density at radius 1 is 1.17 bits per heavy atom. The van der Waals surface area contributed by atoms with Crippen LogP contribution >= 0.6 is 0 Å². The lowest BCUT2D eigenvalue weighted by atomic mass is 9.45. The van der Waals surface area contributed by atoms with Gasteiger partial charge in [0.1, 0.15) is 5.60 Å². The zero-order valence-corrected chi connectivity index (χ0v) is 15.4. The van der Waals surface area contributed by atoms with Gasteiger partial charge in [-0.1, -0.05) is 26.3 Å². The number of epoxide rings is 1. The molecule has 132 valence electrons. The Balaban J connectivity index is 1.60. The molecule has 0 radical (unpaired) electrons. The molecule has 0 aromatic rings. The van der Waals surface area contributed by atoms with Crippen LogP contribution in [0, 0.1) is 28.6 Å². The van der Waals surface area contributed by atoms with Gasteiger partial charge >= 0.3 is 0 Å². The maximum absolute atomic E-state index is 12.2. The van der Waals surface area contributed by atoms with Crippen LogP contribution in [-0.2, 0) is 9.53 Å². The predicted octanol–water partition coefficient (Wildman–Crippen LogP) is 3.65. The summed E-state index contributed by atoms with van der Waals surface area (Å²) in [5.41, 5.74) is 0.719. The largest absolute Gasteiger partial charge is 0.390 e. The van der Waals surface area contributed by atoms with Crippen LogP contribution in [0.5, 0.6) is 0 Å². The van der Waals surface area contributed by atoms with Crippen molar-refractivity contribution >= 4 is 5.78 Å². The minimum atomic E-state index is -0.567. The van der Waals surface area contributed by atoms with Gasteiger partial charge in [0, 0.05) is 16.7 Å². The zero-order chi connectivity index (χ0) is 17.1. The topological polar surface area (TPSA) is 49.8 Å². The summed E-state index contributed by atoms with van der Waals surface area (Å²) in [5, 5.41) is 11.0. The minimum absolute atomic E-state index is 0.0175. The lowest BCUT2D eigenvalue weighted by molar-refractivity contribution is -0.123. The van der Waals surface area contributed by atoms with E-state index in [0.717, 1.165) is 38.5 Å². The molecule has 4 aliphatic carbocycles. The molecule has 3 saturated carbocycles. The molecule has 3 nitrogen and oxygen atoms in total. The fraction of sp³-hybridized carbons (Fsp3) is 0.857. The molecule has 1 spiro atoms. The highest BCUT2D eigenvalue weighted by atomic mass is 16.6. The summed E-state index contributed by atoms with van der Waals surface area (Å²) in [6.07, 6.45) is 8.33. The molecule has 8 unspecified atom stereocenters. The van der Waals surface area contributed by atoms with E-state index in [0.29, 0.717) is 17.6 Å². The average molecular weight is 330 g/mol. The number of rotatable bonds is 0. The normalized spacial score (nSPS) is 61.4. The Labute approximate surface area is 144 Å². The number of ether oxygens (including phenoxy) is 1. The number of hydrogen-bond donors (Lipinski definition) is 1. The first kappa shape index (κ1) is 15.6. The van der Waals surface area contributed by atoms with Gasteiger partial charge in [-0.15, -0.1) is 0 Å². The molecule has 0 aromatic carbocycles. The van der Waals surface area contributed by atoms with E-state index in [2.05, 4.69) is 20.8 Å². The van der Waals surface area contributed by atoms with Crippen LogP contribution in [0.3, 0.4) is 0 Å². The van der Waals surface area contributed by atoms with Crippen molar-refractivity contribution in [2.45, 2.75) is 83.5 Å². The lowest BCUT2D eigenvalue weighted by Gasteiger charge is -2.57. The van der Waals surface area contributed by atoms with Crippen molar-refractivity contribution in [3.05, 3.63) is 11.6 Å². The SMILES string of the molecule is CC1CC2(C)C(=CC1=O)CCC1C3CCC(C)(O)C3(C)CC3OC312. The highest BCUT2D eigenvalue weighted by Gasteiger charge is 2.80. The first-order chi connectivity index (χ1) is 11.2. The van der Waals surface area contributed by atoms with Crippen LogP contribution in [0.1, 0.15) is 66.2 Å². The van der Waals surface area contributed by atoms with Crippen molar-refractivity contribution < 1.29 is 14.6 Å². The smallest absolute Gasteiger partial charge is 0.158 e. The minimum Gasteiger partial charge on any atom is -0.390 e. The molecule has 5 aliphatic rings. The standard InChI is InChI=1S/C21H30O3/c1-12-10-18(2)13(9-16(12)22)5-6-15-14-7-8-20(4,23)19(14,3)11-17-21(15,18)24-17/h9,12,14-15,17,23H,5-8,10-11H2,1-4H3. The van der Waals surface area contributed by atoms with Crippen molar-refractivity contribution in [2.75, 3.05) is 0 Å². The van der Waals surface area contributed by atoms with Gasteiger partial charge in [0.15, 0.2) is 5.78 Å². The third kappa shape index (κ3) is 1.47. The molecule has 1 N–H and O–H groups in total. The first-order valence-electron chi connectivity index (χ1n) is 9.81. The summed E-state index contributed by atoms with van der Waals surface area (Å²) in [6, 6.07) is 0. The van der Waals surface area contributed by atoms with Crippen LogP contribution in [0.4, 0.5) is 0 Å². The second-order valence-corrected chi connectivity index (χ2v) is 10.1. The van der Waals surface area contributed by atoms with Gasteiger partial charge in [0.25, 0.3) is 0 Å². The Bertz CT molecular complexity index is 664. The van der Waals surface area contributed by atoms with E-state index < -0.39 is 5.60 Å². The number of ketones is 1. The molecule has 1 saturated heterocycles. The van der Waals surface area contributed by atoms with Gasteiger partial charge in [-0.3, -0.25) is 4.79 Å². The van der Waals surface area contributed by atoms with Crippen LogP contribution in [0.25, 0.3) is 0 Å². The summed E-state index contributed by atoms with van der Waals surface area (Å²) >= 11 is 0. The van der Waals surface area contributed by atoms with Crippen LogP contribution in [0.15, 0.2) is 11.6 Å². The van der Waals surface area contributed by atoms with Crippen LogP contribution in [0.2, 0.25) is 0 Å². The van der Waals surface area contributed by atoms with Crippen LogP contribution < -0.4 is 0 Å². The summed E-state index contributed by atoms with van der Waals surface area (Å²) in [6.45, 7) is 8.78. The maximum Gasteiger partial charge on any atom is 0.158 e. The maximum atomic E-state index is 12.2. The number of hydrogen-bond acceptors (Lipinski definition) is 3. The molecular weight excluding hydrogens is 300 g/mol. The third-order valence-corrected chi connectivity index (χ3v) is 9.21. The number of fused-ring (bicyclic) bond motifs is 3. The Morgan fingerprint density at radius 2 is 1.92 bits per heavy atom. The van der Waals surface area contributed by atoms with Crippen LogP contribution in [-0.4, -0.2) is 28.2 Å². The summed E-state index contributed by atoms with van der Waals surface area (Å²) in [4.78, 5) is 12.2. The third-order valence-electron chi connectivity index (χ3n) is 9.21. The quantitative estimate of drug-likeness (QED) is 0.690. The molecule has 8 atom stereocenters. The van der Waals surface area contributed by atoms with E-state index in [-0.39, 0.29) is 28.5 Å². The zero-order valence-electron chi connectivity index (χ0n) is 15.4. The van der Waals surface area contributed by atoms with Gasteiger partial charge in [-0.25, -0.2) is 0 Å². The fourth-order valence-corrected chi connectivity index (χ4v) is 7.56. The van der Waals surface area contributed by atoms with E-state index in [9.17, 15) is 9.90 Å². The van der Waals surface area contributed by atoms with E-state index >= 15 is 0 Å². The fourth-order valence-electron chi connectivity index (χ4n) is 7.56. The van der Waals surface area contributed by atoms with Crippen molar-refractivity contribution in [3.8, 4) is 0 Å². The monoisotopic (exact) mass is 330 g/mol. The van der Waals surface area contributed by atoms with Crippen molar-refractivity contribution in [3.63, 3.8) is 0 Å². The van der Waals surface area contributed by atoms with Gasteiger partial charge in [-0.05, 0) is 63.4 Å². The predicted molar refractivity (Wildman–Crippen MR) is 91.4 cm³/mol. The molecule has 0 bridgehead atoms. The molecular formula is C21H30O3. The van der Waals surface area contributed by atoms with Crippen molar-refractivity contribution in [2.24, 2.45) is 28.6 Å². The first-order valence-corrected chi connectivity index (χ1v) is 9.81. The second kappa shape index (κ2) is 4.17. The van der Waals surface area contributed by atoms with E-state index in [1.807, 2.05) is 13.0 Å². The van der Waals surface area contributed by atoms with Gasteiger partial charge in [0.05, 0.1) is 11.7 Å². The molecule has 0 amide bonds. The van der Waals surface area contributed by atoms with Gasteiger partial charge < -0.3 is 9.84 Å². The summed E-state index contributed by atoms with van der Waals surface area (Å²) < 4.78 is 6.56. The van der Waals surface area contributed by atoms with Gasteiger partial charge in [-0.2, -0.15) is 0 Å². The van der Waals surface area contributed by atoms with E-state index in [4.69, 9.17) is 4.74 Å². The highest BCUT2D eigenvalue weighted by Crippen LogP contribution is 2.76. The van der Waals surface area contributed by atoms with E-state index in [1.54, 1.807) is 0 Å². The molecule has 1 heterocycles. The second-order valence-electron chi connectivity index (χ2n) is 10.1.